The number of hydrogen-bond acceptors (Lipinski definition) is 4. The van der Waals surface area contributed by atoms with Gasteiger partial charge >= 0.3 is 0 Å². The van der Waals surface area contributed by atoms with E-state index in [0.717, 1.165) is 24.9 Å². The number of hydrogen-bond donors (Lipinski definition) is 2. The molecule has 0 saturated heterocycles. The zero-order valence-electron chi connectivity index (χ0n) is 11.8. The van der Waals surface area contributed by atoms with Gasteiger partial charge in [0.2, 0.25) is 0 Å². The summed E-state index contributed by atoms with van der Waals surface area (Å²) in [6.07, 6.45) is 8.80. The Morgan fingerprint density at radius 3 is 2.86 bits per heavy atom. The van der Waals surface area contributed by atoms with Crippen LogP contribution in [-0.2, 0) is 16.6 Å². The number of rotatable bonds is 1. The number of methoxy groups -OCH3 is 1. The van der Waals surface area contributed by atoms with E-state index in [1.165, 1.54) is 11.1 Å². The zero-order chi connectivity index (χ0) is 14.6. The van der Waals surface area contributed by atoms with Crippen molar-refractivity contribution in [3.63, 3.8) is 0 Å². The second-order valence-electron chi connectivity index (χ2n) is 5.95. The first kappa shape index (κ1) is 12.7. The smallest absolute Gasteiger partial charge is 0.178 e. The number of phenols is 1. The Bertz CT molecular complexity index is 686. The summed E-state index contributed by atoms with van der Waals surface area (Å²) in [6.45, 7) is 0.924. The molecule has 4 rings (SSSR count). The molecule has 1 aliphatic heterocycles. The lowest BCUT2D eigenvalue weighted by molar-refractivity contribution is -0.110. The van der Waals surface area contributed by atoms with E-state index in [9.17, 15) is 9.90 Å². The Morgan fingerprint density at radius 1 is 1.38 bits per heavy atom. The van der Waals surface area contributed by atoms with E-state index >= 15 is 0 Å². The van der Waals surface area contributed by atoms with Gasteiger partial charge in [-0.3, -0.25) is 4.79 Å². The molecule has 1 atom stereocenters. The van der Waals surface area contributed by atoms with Crippen LogP contribution in [0.1, 0.15) is 29.2 Å². The van der Waals surface area contributed by atoms with Crippen molar-refractivity contribution in [3.8, 4) is 11.5 Å². The van der Waals surface area contributed by atoms with Crippen LogP contribution >= 0.6 is 0 Å². The Labute approximate surface area is 123 Å². The Balaban J connectivity index is 2.00. The third kappa shape index (κ3) is 1.62. The molecule has 0 amide bonds. The molecule has 1 aromatic carbocycles. The third-order valence-corrected chi connectivity index (χ3v) is 4.84. The van der Waals surface area contributed by atoms with Crippen molar-refractivity contribution in [2.45, 2.75) is 24.3 Å². The summed E-state index contributed by atoms with van der Waals surface area (Å²) in [5, 5.41) is 14.2. The molecule has 1 spiro atoms. The molecule has 0 bridgehead atoms. The topological polar surface area (TPSA) is 58.6 Å². The highest BCUT2D eigenvalue weighted by atomic mass is 16.5. The summed E-state index contributed by atoms with van der Waals surface area (Å²) in [6, 6.07) is 2.17. The van der Waals surface area contributed by atoms with E-state index in [2.05, 4.69) is 5.32 Å². The highest BCUT2D eigenvalue weighted by molar-refractivity contribution is 6.01. The Kier molecular flexibility index (Phi) is 2.54. The van der Waals surface area contributed by atoms with Crippen LogP contribution in [0.2, 0.25) is 0 Å². The Morgan fingerprint density at radius 2 is 2.14 bits per heavy atom. The fourth-order valence-corrected chi connectivity index (χ4v) is 3.92. The molecule has 0 saturated carbocycles. The molecule has 2 aliphatic carbocycles. The summed E-state index contributed by atoms with van der Waals surface area (Å²) >= 11 is 0. The predicted molar refractivity (Wildman–Crippen MR) is 78.7 cm³/mol. The number of aromatic hydroxyl groups is 1. The minimum absolute atomic E-state index is 0.00364. The highest BCUT2D eigenvalue weighted by Crippen LogP contribution is 2.55. The van der Waals surface area contributed by atoms with E-state index in [-0.39, 0.29) is 17.6 Å². The van der Waals surface area contributed by atoms with Gasteiger partial charge in [0.1, 0.15) is 0 Å². The van der Waals surface area contributed by atoms with Crippen molar-refractivity contribution in [1.29, 1.82) is 0 Å². The fourth-order valence-electron chi connectivity index (χ4n) is 3.92. The first-order valence-electron chi connectivity index (χ1n) is 7.24. The van der Waals surface area contributed by atoms with Crippen LogP contribution in [0.4, 0.5) is 0 Å². The quantitative estimate of drug-likeness (QED) is 0.827. The van der Waals surface area contributed by atoms with E-state index in [4.69, 9.17) is 4.74 Å². The molecular formula is C17H17NO3. The van der Waals surface area contributed by atoms with Gasteiger partial charge in [0.15, 0.2) is 17.3 Å². The van der Waals surface area contributed by atoms with Gasteiger partial charge in [-0.15, -0.1) is 0 Å². The summed E-state index contributed by atoms with van der Waals surface area (Å²) in [4.78, 5) is 11.5. The molecule has 21 heavy (non-hydrogen) atoms. The van der Waals surface area contributed by atoms with Crippen LogP contribution in [0.3, 0.4) is 0 Å². The van der Waals surface area contributed by atoms with Crippen molar-refractivity contribution in [1.82, 2.24) is 5.32 Å². The lowest BCUT2D eigenvalue weighted by Crippen LogP contribution is -2.28. The molecule has 0 aromatic heterocycles. The Hall–Kier alpha value is -2.07. The number of fused-ring (bicyclic) bond motifs is 1. The first-order valence-corrected chi connectivity index (χ1v) is 7.24. The molecule has 1 aromatic rings. The van der Waals surface area contributed by atoms with Crippen molar-refractivity contribution in [2.75, 3.05) is 13.7 Å². The van der Waals surface area contributed by atoms with Crippen molar-refractivity contribution in [2.24, 2.45) is 0 Å². The minimum Gasteiger partial charge on any atom is -0.504 e. The van der Waals surface area contributed by atoms with Gasteiger partial charge < -0.3 is 15.2 Å². The number of allylic oxidation sites excluding steroid dienone is 4. The average molecular weight is 283 g/mol. The van der Waals surface area contributed by atoms with Crippen molar-refractivity contribution >= 4 is 5.78 Å². The number of ether oxygens (including phenoxy) is 1. The van der Waals surface area contributed by atoms with Gasteiger partial charge in [0.25, 0.3) is 0 Å². The fraction of sp³-hybridized carbons (Fsp3) is 0.353. The maximum absolute atomic E-state index is 11.5. The maximum atomic E-state index is 11.5. The molecule has 0 unspecified atom stereocenters. The molecule has 1 heterocycles. The standard InChI is InChI=1S/C17H17NO3/c1-21-13-8-10-4-7-18-12-9-17(5-2-11(19)3-6-17)15(14(10)12)16(13)20/h2-3,5-6,8,12,18,20H,4,7,9H2,1H3/t12-/m1/s1. The predicted octanol–water partition coefficient (Wildman–Crippen LogP) is 1.92. The summed E-state index contributed by atoms with van der Waals surface area (Å²) in [7, 11) is 1.57. The second kappa shape index (κ2) is 4.21. The van der Waals surface area contributed by atoms with Crippen molar-refractivity contribution < 1.29 is 14.6 Å². The van der Waals surface area contributed by atoms with Gasteiger partial charge in [-0.2, -0.15) is 0 Å². The molecule has 4 nitrogen and oxygen atoms in total. The van der Waals surface area contributed by atoms with Gasteiger partial charge in [-0.1, -0.05) is 12.2 Å². The zero-order valence-corrected chi connectivity index (χ0v) is 11.8. The summed E-state index contributed by atoms with van der Waals surface area (Å²) < 4.78 is 5.34. The summed E-state index contributed by atoms with van der Waals surface area (Å²) in [5.41, 5.74) is 2.91. The van der Waals surface area contributed by atoms with E-state index in [0.29, 0.717) is 5.75 Å². The SMILES string of the molecule is COc1cc2c3c(c1O)C1(C=CC(=O)C=C1)C[C@H]3NCC2. The number of nitrogens with one attached hydrogen (secondary N) is 1. The van der Waals surface area contributed by atoms with E-state index in [1.54, 1.807) is 19.3 Å². The van der Waals surface area contributed by atoms with Gasteiger partial charge in [-0.05, 0) is 48.7 Å². The third-order valence-electron chi connectivity index (χ3n) is 4.84. The number of ketones is 1. The van der Waals surface area contributed by atoms with Crippen LogP contribution in [0, 0.1) is 0 Å². The molecule has 2 N–H and O–H groups in total. The monoisotopic (exact) mass is 283 g/mol. The van der Waals surface area contributed by atoms with E-state index in [1.807, 2.05) is 18.2 Å². The van der Waals surface area contributed by atoms with Gasteiger partial charge in [0, 0.05) is 17.0 Å². The number of phenolic OH excluding ortho intramolecular Hbond substituents is 1. The van der Waals surface area contributed by atoms with Gasteiger partial charge in [-0.25, -0.2) is 0 Å². The normalized spacial score (nSPS) is 24.4. The highest BCUT2D eigenvalue weighted by Gasteiger charge is 2.46. The van der Waals surface area contributed by atoms with Crippen LogP contribution in [0.15, 0.2) is 30.4 Å². The molecule has 4 heteroatoms. The second-order valence-corrected chi connectivity index (χ2v) is 5.95. The van der Waals surface area contributed by atoms with Crippen molar-refractivity contribution in [3.05, 3.63) is 47.1 Å². The maximum Gasteiger partial charge on any atom is 0.178 e. The molecule has 0 fully saturated rings. The number of carbonyl (C=O) groups excluding carboxylic acids is 1. The lowest BCUT2D eigenvalue weighted by atomic mass is 9.77. The molecule has 0 radical (unpaired) electrons. The number of carbonyl (C=O) groups is 1. The lowest BCUT2D eigenvalue weighted by Gasteiger charge is -2.26. The minimum atomic E-state index is -0.404. The molecule has 3 aliphatic rings. The van der Waals surface area contributed by atoms with Crippen LogP contribution in [0.25, 0.3) is 0 Å². The van der Waals surface area contributed by atoms with Crippen LogP contribution < -0.4 is 10.1 Å². The average Bonchev–Trinajstić information content (AvgIpc) is 2.82. The first-order chi connectivity index (χ1) is 10.1. The largest absolute Gasteiger partial charge is 0.504 e. The van der Waals surface area contributed by atoms with Gasteiger partial charge in [0.05, 0.1) is 7.11 Å². The molecule has 108 valence electrons. The summed E-state index contributed by atoms with van der Waals surface area (Å²) in [5.74, 6) is 0.714. The van der Waals surface area contributed by atoms with E-state index < -0.39 is 5.41 Å². The molecular weight excluding hydrogens is 266 g/mol. The van der Waals surface area contributed by atoms with Crippen LogP contribution in [-0.4, -0.2) is 24.5 Å². The number of benzene rings is 1. The van der Waals surface area contributed by atoms with Crippen LogP contribution in [0.5, 0.6) is 11.5 Å².